The first-order chi connectivity index (χ1) is 6.93. The molecule has 1 N–H and O–H groups in total. The third-order valence-corrected chi connectivity index (χ3v) is 2.67. The molecular weight excluding hydrogens is 199 g/mol. The number of carbonyl (C=O) groups is 1. The summed E-state index contributed by atoms with van der Waals surface area (Å²) < 4.78 is 13.7. The highest BCUT2D eigenvalue weighted by Crippen LogP contribution is 2.28. The molecule has 0 saturated carbocycles. The van der Waals surface area contributed by atoms with Gasteiger partial charge in [-0.3, -0.25) is 4.79 Å². The number of aryl methyl sites for hydroxylation is 1. The van der Waals surface area contributed by atoms with Crippen molar-refractivity contribution in [3.8, 4) is 0 Å². The van der Waals surface area contributed by atoms with Crippen molar-refractivity contribution >= 4 is 5.97 Å². The van der Waals surface area contributed by atoms with E-state index in [4.69, 9.17) is 5.11 Å². The fourth-order valence-electron chi connectivity index (χ4n) is 1.26. The van der Waals surface area contributed by atoms with Crippen LogP contribution in [0.3, 0.4) is 0 Å². The molecule has 0 fully saturated rings. The maximum atomic E-state index is 13.7. The number of hydrogen-bond acceptors (Lipinski definition) is 3. The Morgan fingerprint density at radius 2 is 2.20 bits per heavy atom. The van der Waals surface area contributed by atoms with Gasteiger partial charge < -0.3 is 5.11 Å². The zero-order chi connectivity index (χ0) is 11.6. The molecule has 1 heterocycles. The van der Waals surface area contributed by atoms with Crippen molar-refractivity contribution in [1.82, 2.24) is 9.97 Å². The predicted octanol–water partition coefficient (Wildman–Crippen LogP) is 1.68. The second-order valence-electron chi connectivity index (χ2n) is 3.61. The van der Waals surface area contributed by atoms with Crippen LogP contribution in [0.5, 0.6) is 0 Å². The molecule has 0 aliphatic rings. The van der Waals surface area contributed by atoms with Crippen LogP contribution >= 0.6 is 0 Å². The van der Waals surface area contributed by atoms with Gasteiger partial charge in [-0.15, -0.1) is 0 Å². The van der Waals surface area contributed by atoms with E-state index < -0.39 is 17.2 Å². The summed E-state index contributed by atoms with van der Waals surface area (Å²) in [6, 6.07) is 0. The van der Waals surface area contributed by atoms with Crippen LogP contribution in [0.4, 0.5) is 4.39 Å². The smallest absolute Gasteiger partial charge is 0.315 e. The average molecular weight is 212 g/mol. The summed E-state index contributed by atoms with van der Waals surface area (Å²) in [5.74, 6) is -1.72. The highest BCUT2D eigenvalue weighted by Gasteiger charge is 2.37. The largest absolute Gasteiger partial charge is 0.481 e. The number of aliphatic carboxylic acids is 1. The van der Waals surface area contributed by atoms with Gasteiger partial charge in [-0.1, -0.05) is 6.92 Å². The van der Waals surface area contributed by atoms with Crippen molar-refractivity contribution in [3.05, 3.63) is 23.5 Å². The zero-order valence-electron chi connectivity index (χ0n) is 8.91. The van der Waals surface area contributed by atoms with E-state index in [1.807, 2.05) is 0 Å². The molecule has 1 aromatic heterocycles. The van der Waals surface area contributed by atoms with Gasteiger partial charge >= 0.3 is 5.97 Å². The van der Waals surface area contributed by atoms with Crippen molar-refractivity contribution < 1.29 is 14.3 Å². The maximum Gasteiger partial charge on any atom is 0.315 e. The third-order valence-electron chi connectivity index (χ3n) is 2.67. The Hall–Kier alpha value is -1.52. The average Bonchev–Trinajstić information content (AvgIpc) is 2.20. The summed E-state index contributed by atoms with van der Waals surface area (Å²) >= 11 is 0. The molecule has 5 heteroatoms. The lowest BCUT2D eigenvalue weighted by Gasteiger charge is -2.22. The minimum atomic E-state index is -1.29. The molecule has 0 aromatic carbocycles. The van der Waals surface area contributed by atoms with Gasteiger partial charge in [-0.25, -0.2) is 14.4 Å². The number of aromatic nitrogens is 2. The summed E-state index contributed by atoms with van der Waals surface area (Å²) in [4.78, 5) is 18.5. The van der Waals surface area contributed by atoms with Gasteiger partial charge in [0.05, 0.1) is 11.4 Å². The molecular formula is C10H13FN2O2. The first-order valence-corrected chi connectivity index (χ1v) is 4.64. The monoisotopic (exact) mass is 212 g/mol. The summed E-state index contributed by atoms with van der Waals surface area (Å²) in [7, 11) is 0. The molecule has 1 unspecified atom stereocenters. The van der Waals surface area contributed by atoms with Crippen molar-refractivity contribution in [1.29, 1.82) is 0 Å². The summed E-state index contributed by atoms with van der Waals surface area (Å²) in [5, 5.41) is 9.07. The topological polar surface area (TPSA) is 63.1 Å². The summed E-state index contributed by atoms with van der Waals surface area (Å²) in [6.45, 7) is 4.63. The third kappa shape index (κ3) is 1.82. The normalized spacial score (nSPS) is 14.7. The Kier molecular flexibility index (Phi) is 3.02. The minimum Gasteiger partial charge on any atom is -0.481 e. The molecule has 1 aromatic rings. The predicted molar refractivity (Wildman–Crippen MR) is 52.0 cm³/mol. The molecule has 0 aliphatic carbocycles. The van der Waals surface area contributed by atoms with E-state index in [0.717, 1.165) is 0 Å². The van der Waals surface area contributed by atoms with E-state index in [-0.39, 0.29) is 17.8 Å². The summed E-state index contributed by atoms with van der Waals surface area (Å²) in [6.07, 6.45) is 1.46. The number of carboxylic acid groups (broad SMARTS) is 1. The van der Waals surface area contributed by atoms with Crippen LogP contribution in [0, 0.1) is 12.7 Å². The standard InChI is InChI=1S/C10H13FN2O2/c1-4-10(3,9(14)15)8-7(11)6(2)12-5-13-8/h5H,4H2,1-3H3,(H,14,15). The van der Waals surface area contributed by atoms with Crippen LogP contribution in [0.15, 0.2) is 6.33 Å². The lowest BCUT2D eigenvalue weighted by Crippen LogP contribution is -2.34. The van der Waals surface area contributed by atoms with Gasteiger partial charge in [0.15, 0.2) is 5.82 Å². The molecule has 0 amide bonds. The van der Waals surface area contributed by atoms with Gasteiger partial charge in [0, 0.05) is 0 Å². The second-order valence-corrected chi connectivity index (χ2v) is 3.61. The number of hydrogen-bond donors (Lipinski definition) is 1. The first-order valence-electron chi connectivity index (χ1n) is 4.64. The highest BCUT2D eigenvalue weighted by molar-refractivity contribution is 5.80. The van der Waals surface area contributed by atoms with Gasteiger partial charge in [0.2, 0.25) is 0 Å². The number of rotatable bonds is 3. The number of halogens is 1. The lowest BCUT2D eigenvalue weighted by molar-refractivity contribution is -0.143. The quantitative estimate of drug-likeness (QED) is 0.827. The molecule has 0 saturated heterocycles. The Labute approximate surface area is 87.2 Å². The van der Waals surface area contributed by atoms with E-state index in [1.54, 1.807) is 6.92 Å². The van der Waals surface area contributed by atoms with E-state index in [0.29, 0.717) is 0 Å². The van der Waals surface area contributed by atoms with E-state index in [1.165, 1.54) is 20.2 Å². The van der Waals surface area contributed by atoms with Crippen molar-refractivity contribution in [3.63, 3.8) is 0 Å². The second kappa shape index (κ2) is 3.92. The first kappa shape index (κ1) is 11.6. The van der Waals surface area contributed by atoms with E-state index in [2.05, 4.69) is 9.97 Å². The van der Waals surface area contributed by atoms with Crippen molar-refractivity contribution in [2.24, 2.45) is 0 Å². The van der Waals surface area contributed by atoms with Crippen LogP contribution in [0.2, 0.25) is 0 Å². The number of carboxylic acids is 1. The number of nitrogens with zero attached hydrogens (tertiary/aromatic N) is 2. The SMILES string of the molecule is CCC(C)(C(=O)O)c1ncnc(C)c1F. The fraction of sp³-hybridized carbons (Fsp3) is 0.500. The molecule has 0 bridgehead atoms. The van der Waals surface area contributed by atoms with Crippen LogP contribution in [-0.2, 0) is 10.2 Å². The molecule has 15 heavy (non-hydrogen) atoms. The fourth-order valence-corrected chi connectivity index (χ4v) is 1.26. The van der Waals surface area contributed by atoms with Gasteiger partial charge in [-0.2, -0.15) is 0 Å². The zero-order valence-corrected chi connectivity index (χ0v) is 8.91. The van der Waals surface area contributed by atoms with Crippen LogP contribution in [-0.4, -0.2) is 21.0 Å². The van der Waals surface area contributed by atoms with Crippen LogP contribution < -0.4 is 0 Å². The Bertz CT molecular complexity index is 395. The molecule has 82 valence electrons. The van der Waals surface area contributed by atoms with E-state index >= 15 is 0 Å². The van der Waals surface area contributed by atoms with Crippen LogP contribution in [0.1, 0.15) is 31.7 Å². The minimum absolute atomic E-state index is 0.0509. The van der Waals surface area contributed by atoms with Gasteiger partial charge in [0.1, 0.15) is 11.7 Å². The molecule has 0 spiro atoms. The van der Waals surface area contributed by atoms with Gasteiger partial charge in [-0.05, 0) is 20.3 Å². The van der Waals surface area contributed by atoms with Crippen molar-refractivity contribution in [2.45, 2.75) is 32.6 Å². The molecule has 0 radical (unpaired) electrons. The molecule has 1 atom stereocenters. The maximum absolute atomic E-state index is 13.7. The van der Waals surface area contributed by atoms with Gasteiger partial charge in [0.25, 0.3) is 0 Å². The van der Waals surface area contributed by atoms with Crippen molar-refractivity contribution in [2.75, 3.05) is 0 Å². The Balaban J connectivity index is 3.37. The Morgan fingerprint density at radius 3 is 2.67 bits per heavy atom. The summed E-state index contributed by atoms with van der Waals surface area (Å²) in [5.41, 5.74) is -1.18. The molecule has 0 aliphatic heterocycles. The van der Waals surface area contributed by atoms with Crippen LogP contribution in [0.25, 0.3) is 0 Å². The highest BCUT2D eigenvalue weighted by atomic mass is 19.1. The van der Waals surface area contributed by atoms with E-state index in [9.17, 15) is 9.18 Å². The molecule has 4 nitrogen and oxygen atoms in total. The Morgan fingerprint density at radius 1 is 1.60 bits per heavy atom. The molecule has 1 rings (SSSR count). The lowest BCUT2D eigenvalue weighted by atomic mass is 9.83.